The normalized spacial score (nSPS) is 21.3. The van der Waals surface area contributed by atoms with Crippen molar-refractivity contribution in [3.05, 3.63) is 23.4 Å². The van der Waals surface area contributed by atoms with Crippen LogP contribution in [-0.4, -0.2) is 55.3 Å². The summed E-state index contributed by atoms with van der Waals surface area (Å²) in [5.74, 6) is 1.03. The fourth-order valence-electron chi connectivity index (χ4n) is 3.51. The van der Waals surface area contributed by atoms with Crippen LogP contribution < -0.4 is 4.90 Å². The van der Waals surface area contributed by atoms with Crippen LogP contribution >= 0.6 is 11.6 Å². The lowest BCUT2D eigenvalue weighted by molar-refractivity contribution is 0.0281. The minimum absolute atomic E-state index is 0.511. The molecule has 0 spiro atoms. The van der Waals surface area contributed by atoms with Crippen LogP contribution in [0.3, 0.4) is 0 Å². The third-order valence-electron chi connectivity index (χ3n) is 4.97. The molecule has 5 heteroatoms. The number of halogens is 1. The van der Waals surface area contributed by atoms with Crippen LogP contribution in [0.15, 0.2) is 18.3 Å². The van der Waals surface area contributed by atoms with Crippen LogP contribution in [0.2, 0.25) is 5.02 Å². The molecule has 0 N–H and O–H groups in total. The maximum atomic E-state index is 6.11. The minimum atomic E-state index is 0.511. The first-order valence-electron chi connectivity index (χ1n) is 9.02. The van der Waals surface area contributed by atoms with Crippen molar-refractivity contribution in [2.75, 3.05) is 44.2 Å². The van der Waals surface area contributed by atoms with Gasteiger partial charge in [0.15, 0.2) is 0 Å². The Morgan fingerprint density at radius 2 is 1.78 bits per heavy atom. The summed E-state index contributed by atoms with van der Waals surface area (Å²) < 4.78 is 6.11. The fraction of sp³-hybridized carbons (Fsp3) is 0.722. The van der Waals surface area contributed by atoms with Crippen molar-refractivity contribution < 1.29 is 4.74 Å². The first-order valence-corrected chi connectivity index (χ1v) is 9.39. The molecular weight excluding hydrogens is 310 g/mol. The van der Waals surface area contributed by atoms with Gasteiger partial charge < -0.3 is 9.64 Å². The number of nitrogens with zero attached hydrogens (tertiary/aromatic N) is 3. The summed E-state index contributed by atoms with van der Waals surface area (Å²) in [6.45, 7) is 6.15. The van der Waals surface area contributed by atoms with Crippen molar-refractivity contribution in [3.63, 3.8) is 0 Å². The van der Waals surface area contributed by atoms with E-state index in [1.54, 1.807) is 6.20 Å². The molecule has 2 fully saturated rings. The zero-order chi connectivity index (χ0) is 15.9. The van der Waals surface area contributed by atoms with E-state index in [0.717, 1.165) is 45.1 Å². The predicted octanol–water partition coefficient (Wildman–Crippen LogP) is 3.60. The van der Waals surface area contributed by atoms with E-state index in [1.807, 2.05) is 12.1 Å². The summed E-state index contributed by atoms with van der Waals surface area (Å²) in [6.07, 6.45) is 10.2. The molecule has 0 radical (unpaired) electrons. The molecule has 0 atom stereocenters. The molecule has 128 valence electrons. The van der Waals surface area contributed by atoms with Crippen LogP contribution in [0.1, 0.15) is 38.5 Å². The van der Waals surface area contributed by atoms with Gasteiger partial charge in [-0.3, -0.25) is 4.90 Å². The third-order valence-corrected chi connectivity index (χ3v) is 5.19. The molecule has 2 aliphatic rings. The van der Waals surface area contributed by atoms with Crippen LogP contribution in [-0.2, 0) is 4.74 Å². The summed E-state index contributed by atoms with van der Waals surface area (Å²) in [4.78, 5) is 9.25. The number of hydrogen-bond donors (Lipinski definition) is 0. The zero-order valence-corrected chi connectivity index (χ0v) is 14.7. The number of hydrogen-bond acceptors (Lipinski definition) is 4. The highest BCUT2D eigenvalue weighted by atomic mass is 35.5. The summed E-state index contributed by atoms with van der Waals surface area (Å²) in [5, 5.41) is 0.697. The van der Waals surface area contributed by atoms with E-state index in [4.69, 9.17) is 16.3 Å². The molecule has 1 aromatic rings. The van der Waals surface area contributed by atoms with Gasteiger partial charge in [-0.25, -0.2) is 4.98 Å². The topological polar surface area (TPSA) is 28.6 Å². The van der Waals surface area contributed by atoms with E-state index in [-0.39, 0.29) is 0 Å². The molecule has 1 saturated carbocycles. The van der Waals surface area contributed by atoms with Gasteiger partial charge in [-0.1, -0.05) is 37.3 Å². The lowest BCUT2D eigenvalue weighted by Gasteiger charge is -2.35. The Hall–Kier alpha value is -0.840. The monoisotopic (exact) mass is 337 g/mol. The van der Waals surface area contributed by atoms with E-state index in [9.17, 15) is 0 Å². The predicted molar refractivity (Wildman–Crippen MR) is 95.3 cm³/mol. The Morgan fingerprint density at radius 3 is 2.43 bits per heavy atom. The molecule has 0 unspecified atom stereocenters. The lowest BCUT2D eigenvalue weighted by Crippen LogP contribution is -2.47. The summed E-state index contributed by atoms with van der Waals surface area (Å²) in [7, 11) is 0. The molecule has 2 heterocycles. The number of ether oxygens (including phenoxy) is 1. The van der Waals surface area contributed by atoms with Gasteiger partial charge in [0.25, 0.3) is 0 Å². The Balaban J connectivity index is 1.35. The van der Waals surface area contributed by atoms with Crippen molar-refractivity contribution in [2.24, 2.45) is 0 Å². The molecule has 1 aliphatic carbocycles. The average molecular weight is 338 g/mol. The van der Waals surface area contributed by atoms with Crippen molar-refractivity contribution in [2.45, 2.75) is 44.6 Å². The highest BCUT2D eigenvalue weighted by Crippen LogP contribution is 2.20. The molecule has 23 heavy (non-hydrogen) atoms. The number of anilines is 1. The molecule has 1 aromatic heterocycles. The first kappa shape index (κ1) is 17.0. The largest absolute Gasteiger partial charge is 0.377 e. The van der Waals surface area contributed by atoms with Crippen molar-refractivity contribution in [1.82, 2.24) is 9.88 Å². The summed E-state index contributed by atoms with van der Waals surface area (Å²) >= 11 is 5.90. The molecular formula is C18H28ClN3O. The van der Waals surface area contributed by atoms with Gasteiger partial charge in [0, 0.05) is 38.9 Å². The zero-order valence-electron chi connectivity index (χ0n) is 13.9. The number of piperazine rings is 1. The SMILES string of the molecule is Clc1ccc(N2CCN(CCOC3CCCCCC3)CC2)nc1. The molecule has 3 rings (SSSR count). The van der Waals surface area contributed by atoms with E-state index in [2.05, 4.69) is 14.8 Å². The van der Waals surface area contributed by atoms with Crippen molar-refractivity contribution >= 4 is 17.4 Å². The second-order valence-corrected chi connectivity index (χ2v) is 7.08. The molecule has 0 aromatic carbocycles. The molecule has 1 saturated heterocycles. The summed E-state index contributed by atoms with van der Waals surface area (Å²) in [5.41, 5.74) is 0. The molecule has 1 aliphatic heterocycles. The van der Waals surface area contributed by atoms with Gasteiger partial charge in [0.2, 0.25) is 0 Å². The maximum Gasteiger partial charge on any atom is 0.128 e. The maximum absolute atomic E-state index is 6.11. The van der Waals surface area contributed by atoms with Gasteiger partial charge in [0.1, 0.15) is 5.82 Å². The van der Waals surface area contributed by atoms with Crippen LogP contribution in [0.5, 0.6) is 0 Å². The first-order chi connectivity index (χ1) is 11.3. The molecule has 0 bridgehead atoms. The number of aromatic nitrogens is 1. The molecule has 0 amide bonds. The lowest BCUT2D eigenvalue weighted by atomic mass is 10.1. The van der Waals surface area contributed by atoms with E-state index in [0.29, 0.717) is 11.1 Å². The fourth-order valence-corrected chi connectivity index (χ4v) is 3.62. The number of rotatable bonds is 5. The van der Waals surface area contributed by atoms with Crippen molar-refractivity contribution in [3.8, 4) is 0 Å². The minimum Gasteiger partial charge on any atom is -0.377 e. The standard InChI is InChI=1S/C18H28ClN3O/c19-16-7-8-18(20-15-16)22-11-9-21(10-12-22)13-14-23-17-5-3-1-2-4-6-17/h7-8,15,17H,1-6,9-14H2. The second-order valence-electron chi connectivity index (χ2n) is 6.65. The Bertz CT molecular complexity index is 452. The smallest absolute Gasteiger partial charge is 0.128 e. The van der Waals surface area contributed by atoms with Crippen LogP contribution in [0.25, 0.3) is 0 Å². The Labute approximate surface area is 144 Å². The van der Waals surface area contributed by atoms with Crippen molar-refractivity contribution in [1.29, 1.82) is 0 Å². The van der Waals surface area contributed by atoms with Crippen LogP contribution in [0.4, 0.5) is 5.82 Å². The van der Waals surface area contributed by atoms with Gasteiger partial charge >= 0.3 is 0 Å². The molecule has 4 nitrogen and oxygen atoms in total. The van der Waals surface area contributed by atoms with Gasteiger partial charge in [-0.2, -0.15) is 0 Å². The van der Waals surface area contributed by atoms with E-state index >= 15 is 0 Å². The van der Waals surface area contributed by atoms with Gasteiger partial charge in [0.05, 0.1) is 17.7 Å². The van der Waals surface area contributed by atoms with E-state index in [1.165, 1.54) is 38.5 Å². The third kappa shape index (κ3) is 5.33. The second kappa shape index (κ2) is 8.86. The average Bonchev–Trinajstić information content (AvgIpc) is 2.85. The van der Waals surface area contributed by atoms with Gasteiger partial charge in [-0.05, 0) is 25.0 Å². The van der Waals surface area contributed by atoms with E-state index < -0.39 is 0 Å². The Kier molecular flexibility index (Phi) is 6.55. The van der Waals surface area contributed by atoms with Crippen LogP contribution in [0, 0.1) is 0 Å². The quantitative estimate of drug-likeness (QED) is 0.768. The highest BCUT2D eigenvalue weighted by molar-refractivity contribution is 6.30. The summed E-state index contributed by atoms with van der Waals surface area (Å²) in [6, 6.07) is 3.92. The highest BCUT2D eigenvalue weighted by Gasteiger charge is 2.18. The van der Waals surface area contributed by atoms with Gasteiger partial charge in [-0.15, -0.1) is 0 Å². The number of pyridine rings is 1. The Morgan fingerprint density at radius 1 is 1.04 bits per heavy atom.